The summed E-state index contributed by atoms with van der Waals surface area (Å²) in [5.74, 6) is -0.165. The Kier molecular flexibility index (Phi) is 11.8. The lowest BCUT2D eigenvalue weighted by molar-refractivity contribution is -0.123. The molecule has 2 amide bonds. The predicted molar refractivity (Wildman–Crippen MR) is 158 cm³/mol. The van der Waals surface area contributed by atoms with Gasteiger partial charge in [0.15, 0.2) is 0 Å². The average Bonchev–Trinajstić information content (AvgIpc) is 2.92. The summed E-state index contributed by atoms with van der Waals surface area (Å²) < 4.78 is 36.4. The molecule has 3 aromatic carbocycles. The van der Waals surface area contributed by atoms with Gasteiger partial charge in [-0.3, -0.25) is 4.79 Å². The second-order valence-electron chi connectivity index (χ2n) is 9.55. The highest BCUT2D eigenvalue weighted by molar-refractivity contribution is 9.10. The van der Waals surface area contributed by atoms with Crippen molar-refractivity contribution in [3.8, 4) is 5.75 Å². The zero-order valence-electron chi connectivity index (χ0n) is 22.3. The number of hydrogen-bond donors (Lipinski definition) is 2. The van der Waals surface area contributed by atoms with Crippen LogP contribution in [0.2, 0.25) is 0 Å². The molecular formula is C30H33BrN2O6S. The van der Waals surface area contributed by atoms with Crippen molar-refractivity contribution >= 4 is 38.0 Å². The van der Waals surface area contributed by atoms with Crippen LogP contribution in [-0.4, -0.2) is 32.5 Å². The number of nitrogens with one attached hydrogen (secondary N) is 2. The lowest BCUT2D eigenvalue weighted by atomic mass is 10.0. The predicted octanol–water partition coefficient (Wildman–Crippen LogP) is 5.74. The highest BCUT2D eigenvalue weighted by atomic mass is 79.9. The van der Waals surface area contributed by atoms with Gasteiger partial charge < -0.3 is 19.6 Å². The Balaban J connectivity index is 1.71. The molecule has 0 aliphatic rings. The molecule has 0 fully saturated rings. The fraction of sp³-hybridized carbons (Fsp3) is 0.267. The zero-order chi connectivity index (χ0) is 29.0. The van der Waals surface area contributed by atoms with Crippen molar-refractivity contribution in [2.75, 3.05) is 0 Å². The number of carbonyl (C=O) groups is 2. The van der Waals surface area contributed by atoms with Gasteiger partial charge in [-0.1, -0.05) is 90.4 Å². The smallest absolute Gasteiger partial charge is 0.408 e. The van der Waals surface area contributed by atoms with Crippen molar-refractivity contribution in [1.82, 2.24) is 10.6 Å². The minimum absolute atomic E-state index is 0.0568. The van der Waals surface area contributed by atoms with Crippen LogP contribution in [0.5, 0.6) is 5.75 Å². The highest BCUT2D eigenvalue weighted by Crippen LogP contribution is 2.18. The minimum Gasteiger partial charge on any atom is -0.445 e. The molecule has 3 aromatic rings. The minimum atomic E-state index is -4.07. The van der Waals surface area contributed by atoms with E-state index in [0.717, 1.165) is 21.0 Å². The van der Waals surface area contributed by atoms with Crippen LogP contribution >= 0.6 is 15.9 Å². The topological polar surface area (TPSA) is 111 Å². The molecule has 2 atom stereocenters. The highest BCUT2D eigenvalue weighted by Gasteiger charge is 2.24. The third kappa shape index (κ3) is 11.2. The van der Waals surface area contributed by atoms with Gasteiger partial charge in [-0.15, -0.1) is 0 Å². The summed E-state index contributed by atoms with van der Waals surface area (Å²) >= 11 is 3.29. The molecule has 3 rings (SSSR count). The molecule has 2 unspecified atom stereocenters. The van der Waals surface area contributed by atoms with Gasteiger partial charge in [-0.05, 0) is 53.8 Å². The van der Waals surface area contributed by atoms with Gasteiger partial charge in [0.1, 0.15) is 18.4 Å². The Bertz CT molecular complexity index is 1360. The molecule has 0 bridgehead atoms. The summed E-state index contributed by atoms with van der Waals surface area (Å²) in [4.78, 5) is 26.0. The van der Waals surface area contributed by atoms with E-state index in [4.69, 9.17) is 8.92 Å². The molecule has 8 nitrogen and oxygen atoms in total. The monoisotopic (exact) mass is 628 g/mol. The number of rotatable bonds is 13. The first-order valence-corrected chi connectivity index (χ1v) is 15.1. The first-order chi connectivity index (χ1) is 19.1. The molecule has 0 spiro atoms. The molecule has 0 aliphatic heterocycles. The zero-order valence-corrected chi connectivity index (χ0v) is 24.7. The maximum absolute atomic E-state index is 13.4. The summed E-state index contributed by atoms with van der Waals surface area (Å²) in [6, 6.07) is 23.3. The molecule has 0 saturated carbocycles. The van der Waals surface area contributed by atoms with Gasteiger partial charge in [-0.2, -0.15) is 8.42 Å². The first-order valence-electron chi connectivity index (χ1n) is 12.8. The van der Waals surface area contributed by atoms with Crippen LogP contribution in [0.1, 0.15) is 31.4 Å². The number of alkyl carbamates (subject to hydrolysis) is 1. The Morgan fingerprint density at radius 3 is 2.08 bits per heavy atom. The Labute approximate surface area is 244 Å². The number of hydrogen-bond acceptors (Lipinski definition) is 6. The Morgan fingerprint density at radius 1 is 0.875 bits per heavy atom. The van der Waals surface area contributed by atoms with Crippen molar-refractivity contribution in [1.29, 1.82) is 0 Å². The summed E-state index contributed by atoms with van der Waals surface area (Å²) in [7, 11) is -4.07. The van der Waals surface area contributed by atoms with Gasteiger partial charge in [0.2, 0.25) is 5.91 Å². The summed E-state index contributed by atoms with van der Waals surface area (Å²) in [5.41, 5.74) is 1.66. The van der Waals surface area contributed by atoms with Gasteiger partial charge in [0, 0.05) is 16.9 Å². The quantitative estimate of drug-likeness (QED) is 0.234. The summed E-state index contributed by atoms with van der Waals surface area (Å²) in [6.07, 6.45) is 1.34. The van der Waals surface area contributed by atoms with Gasteiger partial charge >= 0.3 is 16.2 Å². The maximum atomic E-state index is 13.4. The van der Waals surface area contributed by atoms with E-state index < -0.39 is 34.2 Å². The van der Waals surface area contributed by atoms with Crippen LogP contribution in [0.4, 0.5) is 4.79 Å². The first kappa shape index (κ1) is 30.9. The number of ether oxygens (including phenoxy) is 1. The molecule has 2 N–H and O–H groups in total. The second kappa shape index (κ2) is 15.2. The van der Waals surface area contributed by atoms with Crippen LogP contribution in [0.3, 0.4) is 0 Å². The fourth-order valence-corrected chi connectivity index (χ4v) is 4.87. The van der Waals surface area contributed by atoms with Crippen LogP contribution in [-0.2, 0) is 32.7 Å². The lowest BCUT2D eigenvalue weighted by Gasteiger charge is -2.23. The van der Waals surface area contributed by atoms with E-state index in [2.05, 4.69) is 26.6 Å². The third-order valence-corrected chi connectivity index (χ3v) is 7.10. The molecule has 0 saturated heterocycles. The van der Waals surface area contributed by atoms with Crippen LogP contribution in [0.25, 0.3) is 0 Å². The fourth-order valence-electron chi connectivity index (χ4n) is 3.79. The largest absolute Gasteiger partial charge is 0.445 e. The van der Waals surface area contributed by atoms with Crippen molar-refractivity contribution in [3.05, 3.63) is 112 Å². The third-order valence-electron chi connectivity index (χ3n) is 5.66. The molecule has 10 heteroatoms. The van der Waals surface area contributed by atoms with E-state index in [9.17, 15) is 18.0 Å². The van der Waals surface area contributed by atoms with Gasteiger partial charge in [0.25, 0.3) is 0 Å². The number of benzene rings is 3. The Hall–Kier alpha value is -3.63. The van der Waals surface area contributed by atoms with Crippen molar-refractivity contribution in [2.24, 2.45) is 5.92 Å². The number of halogens is 1. The summed E-state index contributed by atoms with van der Waals surface area (Å²) in [5, 5.41) is 6.47. The molecule has 0 radical (unpaired) electrons. The van der Waals surface area contributed by atoms with Gasteiger partial charge in [0.05, 0.1) is 5.41 Å². The van der Waals surface area contributed by atoms with E-state index in [0.29, 0.717) is 6.42 Å². The maximum Gasteiger partial charge on any atom is 0.408 e. The van der Waals surface area contributed by atoms with Crippen molar-refractivity contribution in [3.63, 3.8) is 0 Å². The molecular weight excluding hydrogens is 596 g/mol. The molecule has 40 heavy (non-hydrogen) atoms. The second-order valence-corrected chi connectivity index (χ2v) is 11.9. The van der Waals surface area contributed by atoms with Crippen LogP contribution in [0.15, 0.2) is 101 Å². The standard InChI is InChI=1S/C30H33BrN2O6S/c1-22(2)19-26(17-18-40(36,37)39-27-15-13-25(31)14-16-27)32-29(34)28(20-23-9-5-3-6-10-23)33-30(35)38-21-24-11-7-4-8-12-24/h3-18,22,26,28H,19-21H2,1-2H3,(H,32,34)(H,33,35). The van der Waals surface area contributed by atoms with Crippen LogP contribution in [0, 0.1) is 5.92 Å². The molecule has 0 aliphatic carbocycles. The molecule has 0 aromatic heterocycles. The van der Waals surface area contributed by atoms with E-state index in [1.54, 1.807) is 12.1 Å². The SMILES string of the molecule is CC(C)CC(C=CS(=O)(=O)Oc1ccc(Br)cc1)NC(=O)C(Cc1ccccc1)NC(=O)OCc1ccccc1. The van der Waals surface area contributed by atoms with Gasteiger partial charge in [-0.25, -0.2) is 4.79 Å². The lowest BCUT2D eigenvalue weighted by Crippen LogP contribution is -2.50. The number of amides is 2. The Morgan fingerprint density at radius 2 is 1.48 bits per heavy atom. The van der Waals surface area contributed by atoms with Crippen LogP contribution < -0.4 is 14.8 Å². The average molecular weight is 630 g/mol. The molecule has 212 valence electrons. The normalized spacial score (nSPS) is 13.0. The van der Waals surface area contributed by atoms with E-state index in [1.165, 1.54) is 18.2 Å². The van der Waals surface area contributed by atoms with Crippen molar-refractivity contribution in [2.45, 2.75) is 45.4 Å². The molecule has 0 heterocycles. The van der Waals surface area contributed by atoms with E-state index in [1.807, 2.05) is 74.5 Å². The summed E-state index contributed by atoms with van der Waals surface area (Å²) in [6.45, 7) is 3.97. The van der Waals surface area contributed by atoms with Crippen molar-refractivity contribution < 1.29 is 26.9 Å². The van der Waals surface area contributed by atoms with E-state index in [-0.39, 0.29) is 24.7 Å². The van der Waals surface area contributed by atoms with E-state index >= 15 is 0 Å². The number of carbonyl (C=O) groups excluding carboxylic acids is 2.